The number of halogens is 2. The van der Waals surface area contributed by atoms with Gasteiger partial charge in [-0.3, -0.25) is 4.90 Å². The van der Waals surface area contributed by atoms with E-state index in [0.29, 0.717) is 6.54 Å². The first kappa shape index (κ1) is 26.8. The van der Waals surface area contributed by atoms with Crippen molar-refractivity contribution in [3.05, 3.63) is 81.8 Å². The molecule has 0 aromatic heterocycles. The van der Waals surface area contributed by atoms with Crippen molar-refractivity contribution in [2.24, 2.45) is 0 Å². The summed E-state index contributed by atoms with van der Waals surface area (Å²) >= 11 is 12.7. The van der Waals surface area contributed by atoms with Crippen LogP contribution >= 0.6 is 23.2 Å². The summed E-state index contributed by atoms with van der Waals surface area (Å²) in [5.41, 5.74) is 3.46. The van der Waals surface area contributed by atoms with Crippen molar-refractivity contribution in [3.8, 4) is 5.75 Å². The van der Waals surface area contributed by atoms with Gasteiger partial charge in [0.1, 0.15) is 23.5 Å². The monoisotopic (exact) mass is 548 g/mol. The smallest absolute Gasteiger partial charge is 0.208 e. The number of aliphatic hydroxyl groups is 1. The maximum absolute atomic E-state index is 13.0. The lowest BCUT2D eigenvalue weighted by molar-refractivity contribution is 0.0663. The van der Waals surface area contributed by atoms with Gasteiger partial charge < -0.3 is 14.7 Å². The lowest BCUT2D eigenvalue weighted by Gasteiger charge is -2.37. The molecule has 0 radical (unpaired) electrons. The Bertz CT molecular complexity index is 1310. The number of hydrogen-bond acceptors (Lipinski definition) is 6. The largest absolute Gasteiger partial charge is 0.489 e. The highest BCUT2D eigenvalue weighted by molar-refractivity contribution is 7.91. The molecular weight excluding hydrogens is 519 g/mol. The number of benzene rings is 3. The molecule has 0 spiro atoms. The van der Waals surface area contributed by atoms with E-state index >= 15 is 0 Å². The van der Waals surface area contributed by atoms with Gasteiger partial charge in [-0.2, -0.15) is 0 Å². The molecule has 6 nitrogen and oxygen atoms in total. The quantitative estimate of drug-likeness (QED) is 0.427. The number of hydrogen-bond donors (Lipinski definition) is 1. The fourth-order valence-electron chi connectivity index (χ4n) is 4.30. The summed E-state index contributed by atoms with van der Waals surface area (Å²) in [4.78, 5) is 4.62. The highest BCUT2D eigenvalue weighted by Gasteiger charge is 2.25. The SMILES string of the molecule is Cc1ccc(S(=O)(=O)c2ccc(OCC(O)CN3CCN(c4ccccc4C)CC3)c(Cl)c2Cl)cc1. The molecule has 36 heavy (non-hydrogen) atoms. The number of nitrogens with zero attached hydrogens (tertiary/aromatic N) is 2. The average Bonchev–Trinajstić information content (AvgIpc) is 2.86. The van der Waals surface area contributed by atoms with E-state index in [2.05, 4.69) is 34.9 Å². The molecule has 3 aromatic rings. The second kappa shape index (κ2) is 11.4. The van der Waals surface area contributed by atoms with Gasteiger partial charge in [0.25, 0.3) is 0 Å². The van der Waals surface area contributed by atoms with E-state index in [1.54, 1.807) is 12.1 Å². The third-order valence-corrected chi connectivity index (χ3v) is 9.15. The lowest BCUT2D eigenvalue weighted by atomic mass is 10.1. The third-order valence-electron chi connectivity index (χ3n) is 6.36. The fraction of sp³-hybridized carbons (Fsp3) is 0.333. The summed E-state index contributed by atoms with van der Waals surface area (Å²) in [5.74, 6) is 0.230. The van der Waals surface area contributed by atoms with Gasteiger partial charge in [0, 0.05) is 38.4 Å². The number of piperazine rings is 1. The number of aryl methyl sites for hydroxylation is 2. The predicted molar refractivity (Wildman–Crippen MR) is 144 cm³/mol. The van der Waals surface area contributed by atoms with Crippen LogP contribution in [0.5, 0.6) is 5.75 Å². The standard InChI is InChI=1S/C27H30Cl2N2O4S/c1-19-7-9-22(10-8-19)36(33,34)25-12-11-24(26(28)27(25)29)35-18-21(32)17-30-13-15-31(16-14-30)23-6-4-3-5-20(23)2/h3-12,21,32H,13-18H2,1-2H3. The molecule has 9 heteroatoms. The zero-order chi connectivity index (χ0) is 25.9. The molecule has 1 aliphatic heterocycles. The summed E-state index contributed by atoms with van der Waals surface area (Å²) in [6.07, 6.45) is -0.735. The molecular formula is C27H30Cl2N2O4S. The summed E-state index contributed by atoms with van der Waals surface area (Å²) < 4.78 is 31.8. The van der Waals surface area contributed by atoms with E-state index in [0.717, 1.165) is 31.7 Å². The normalized spacial score (nSPS) is 15.6. The van der Waals surface area contributed by atoms with E-state index in [9.17, 15) is 13.5 Å². The van der Waals surface area contributed by atoms with E-state index in [4.69, 9.17) is 27.9 Å². The van der Waals surface area contributed by atoms with Crippen LogP contribution in [0.15, 0.2) is 70.5 Å². The lowest BCUT2D eigenvalue weighted by Crippen LogP contribution is -2.49. The number of aliphatic hydroxyl groups excluding tert-OH is 1. The number of anilines is 1. The minimum Gasteiger partial charge on any atom is -0.489 e. The Labute approximate surface area is 222 Å². The third kappa shape index (κ3) is 5.98. The minimum absolute atomic E-state index is 0.00361. The molecule has 1 unspecified atom stereocenters. The van der Waals surface area contributed by atoms with Gasteiger partial charge in [0.2, 0.25) is 9.84 Å². The van der Waals surface area contributed by atoms with E-state index in [1.165, 1.54) is 35.5 Å². The van der Waals surface area contributed by atoms with Gasteiger partial charge in [0.05, 0.1) is 14.8 Å². The minimum atomic E-state index is -3.84. The van der Waals surface area contributed by atoms with Crippen LogP contribution in [0.1, 0.15) is 11.1 Å². The Balaban J connectivity index is 1.33. The van der Waals surface area contributed by atoms with Gasteiger partial charge in [-0.05, 0) is 49.7 Å². The maximum atomic E-state index is 13.0. The van der Waals surface area contributed by atoms with Crippen molar-refractivity contribution in [3.63, 3.8) is 0 Å². The fourth-order valence-corrected chi connectivity index (χ4v) is 6.37. The van der Waals surface area contributed by atoms with Crippen LogP contribution in [0.4, 0.5) is 5.69 Å². The zero-order valence-corrected chi connectivity index (χ0v) is 22.7. The first-order chi connectivity index (χ1) is 17.2. The number of ether oxygens (including phenoxy) is 1. The van der Waals surface area contributed by atoms with Crippen molar-refractivity contribution in [1.29, 1.82) is 0 Å². The molecule has 1 atom stereocenters. The van der Waals surface area contributed by atoms with E-state index in [1.807, 2.05) is 13.0 Å². The topological polar surface area (TPSA) is 70.1 Å². The molecule has 1 aliphatic rings. The molecule has 1 heterocycles. The van der Waals surface area contributed by atoms with Crippen LogP contribution in [0.2, 0.25) is 10.0 Å². The summed E-state index contributed by atoms with van der Waals surface area (Å²) in [6, 6.07) is 17.7. The first-order valence-electron chi connectivity index (χ1n) is 11.8. The van der Waals surface area contributed by atoms with Crippen LogP contribution in [0.25, 0.3) is 0 Å². The van der Waals surface area contributed by atoms with Crippen LogP contribution in [-0.2, 0) is 9.84 Å². The van der Waals surface area contributed by atoms with Gasteiger partial charge in [0.15, 0.2) is 0 Å². The summed E-state index contributed by atoms with van der Waals surface area (Å²) in [5, 5.41) is 10.5. The number of β-amino-alcohol motifs (C(OH)–C–C–N with tert-alkyl or cyclic N) is 1. The zero-order valence-electron chi connectivity index (χ0n) is 20.3. The van der Waals surface area contributed by atoms with Gasteiger partial charge in [-0.15, -0.1) is 0 Å². The molecule has 1 N–H and O–H groups in total. The number of rotatable bonds is 8. The second-order valence-electron chi connectivity index (χ2n) is 9.05. The van der Waals surface area contributed by atoms with E-state index < -0.39 is 15.9 Å². The molecule has 1 saturated heterocycles. The Morgan fingerprint density at radius 2 is 1.58 bits per heavy atom. The molecule has 192 valence electrons. The maximum Gasteiger partial charge on any atom is 0.208 e. The predicted octanol–water partition coefficient (Wildman–Crippen LogP) is 5.00. The molecule has 0 saturated carbocycles. The van der Waals surface area contributed by atoms with Gasteiger partial charge in [-0.1, -0.05) is 59.1 Å². The molecule has 0 aliphatic carbocycles. The average molecular weight is 550 g/mol. The Kier molecular flexibility index (Phi) is 8.48. The molecule has 0 bridgehead atoms. The molecule has 0 amide bonds. The molecule has 4 rings (SSSR count). The number of para-hydroxylation sites is 1. The van der Waals surface area contributed by atoms with Crippen LogP contribution in [0, 0.1) is 13.8 Å². The highest BCUT2D eigenvalue weighted by atomic mass is 35.5. The first-order valence-corrected chi connectivity index (χ1v) is 14.0. The summed E-state index contributed by atoms with van der Waals surface area (Å²) in [7, 11) is -3.84. The molecule has 1 fully saturated rings. The van der Waals surface area contributed by atoms with Crippen molar-refractivity contribution < 1.29 is 18.3 Å². The van der Waals surface area contributed by atoms with Gasteiger partial charge in [-0.25, -0.2) is 8.42 Å². The molecule has 3 aromatic carbocycles. The Morgan fingerprint density at radius 1 is 0.917 bits per heavy atom. The number of sulfone groups is 1. The van der Waals surface area contributed by atoms with Gasteiger partial charge >= 0.3 is 0 Å². The van der Waals surface area contributed by atoms with E-state index in [-0.39, 0.29) is 32.2 Å². The summed E-state index contributed by atoms with van der Waals surface area (Å²) in [6.45, 7) is 7.92. The Morgan fingerprint density at radius 3 is 2.25 bits per heavy atom. The van der Waals surface area contributed by atoms with Crippen molar-refractivity contribution in [1.82, 2.24) is 4.90 Å². The Hall–Kier alpha value is -2.29. The van der Waals surface area contributed by atoms with Crippen LogP contribution in [-0.4, -0.2) is 63.9 Å². The van der Waals surface area contributed by atoms with Crippen molar-refractivity contribution in [2.45, 2.75) is 29.7 Å². The van der Waals surface area contributed by atoms with Crippen LogP contribution < -0.4 is 9.64 Å². The van der Waals surface area contributed by atoms with Crippen molar-refractivity contribution >= 4 is 38.7 Å². The second-order valence-corrected chi connectivity index (χ2v) is 11.7. The highest BCUT2D eigenvalue weighted by Crippen LogP contribution is 2.39. The van der Waals surface area contributed by atoms with Crippen LogP contribution in [0.3, 0.4) is 0 Å². The van der Waals surface area contributed by atoms with Crippen molar-refractivity contribution in [2.75, 3.05) is 44.2 Å².